The molecule has 2 aromatic rings. The van der Waals surface area contributed by atoms with Gasteiger partial charge in [-0.05, 0) is 30.9 Å². The van der Waals surface area contributed by atoms with Crippen molar-refractivity contribution in [1.82, 2.24) is 10.1 Å². The lowest BCUT2D eigenvalue weighted by atomic mass is 9.77. The molecule has 1 aromatic heterocycles. The van der Waals surface area contributed by atoms with E-state index in [0.29, 0.717) is 17.6 Å². The molecule has 1 saturated carbocycles. The highest BCUT2D eigenvalue weighted by molar-refractivity contribution is 7.98. The molecule has 0 aliphatic heterocycles. The zero-order chi connectivity index (χ0) is 14.7. The van der Waals surface area contributed by atoms with E-state index in [2.05, 4.69) is 29.2 Å². The number of rotatable bonds is 4. The van der Waals surface area contributed by atoms with Crippen molar-refractivity contribution >= 4 is 11.8 Å². The van der Waals surface area contributed by atoms with Crippen LogP contribution in [0.4, 0.5) is 0 Å². The Labute approximate surface area is 129 Å². The normalized spacial score (nSPS) is 25.9. The third-order valence-corrected chi connectivity index (χ3v) is 5.05. The molecule has 4 nitrogen and oxygen atoms in total. The minimum Gasteiger partial charge on any atom is -0.337 e. The molecule has 0 bridgehead atoms. The van der Waals surface area contributed by atoms with Crippen molar-refractivity contribution in [3.8, 4) is 0 Å². The van der Waals surface area contributed by atoms with E-state index in [1.807, 2.05) is 18.2 Å². The summed E-state index contributed by atoms with van der Waals surface area (Å²) in [6.45, 7) is 2.24. The lowest BCUT2D eigenvalue weighted by molar-refractivity contribution is 0.183. The van der Waals surface area contributed by atoms with Gasteiger partial charge in [-0.3, -0.25) is 0 Å². The highest BCUT2D eigenvalue weighted by Crippen LogP contribution is 2.37. The molecule has 1 aromatic carbocycles. The summed E-state index contributed by atoms with van der Waals surface area (Å²) in [5.74, 6) is 2.66. The molecule has 1 aliphatic rings. The highest BCUT2D eigenvalue weighted by Gasteiger charge is 2.37. The van der Waals surface area contributed by atoms with Crippen molar-refractivity contribution in [2.24, 2.45) is 11.7 Å². The second-order valence-electron chi connectivity index (χ2n) is 5.98. The predicted octanol–water partition coefficient (Wildman–Crippen LogP) is 3.73. The average molecular weight is 303 g/mol. The average Bonchev–Trinajstić information content (AvgIpc) is 2.96. The van der Waals surface area contributed by atoms with Gasteiger partial charge in [0.1, 0.15) is 0 Å². The van der Waals surface area contributed by atoms with Crippen LogP contribution in [0.5, 0.6) is 0 Å². The van der Waals surface area contributed by atoms with Gasteiger partial charge in [-0.1, -0.05) is 43.1 Å². The second-order valence-corrected chi connectivity index (χ2v) is 7.02. The van der Waals surface area contributed by atoms with Gasteiger partial charge in [0.05, 0.1) is 11.3 Å². The lowest BCUT2D eigenvalue weighted by Crippen LogP contribution is -2.41. The largest absolute Gasteiger partial charge is 0.337 e. The van der Waals surface area contributed by atoms with Crippen molar-refractivity contribution < 1.29 is 4.52 Å². The number of thioether (sulfide) groups is 1. The van der Waals surface area contributed by atoms with Crippen LogP contribution in [0.15, 0.2) is 39.8 Å². The summed E-state index contributed by atoms with van der Waals surface area (Å²) in [6, 6.07) is 10.2. The van der Waals surface area contributed by atoms with Crippen molar-refractivity contribution in [2.45, 2.75) is 48.8 Å². The fourth-order valence-corrected chi connectivity index (χ4v) is 3.73. The van der Waals surface area contributed by atoms with Crippen molar-refractivity contribution in [1.29, 1.82) is 0 Å². The van der Waals surface area contributed by atoms with E-state index in [4.69, 9.17) is 10.3 Å². The second kappa shape index (κ2) is 6.20. The van der Waals surface area contributed by atoms with Gasteiger partial charge in [-0.2, -0.15) is 4.98 Å². The molecule has 21 heavy (non-hydrogen) atoms. The quantitative estimate of drug-likeness (QED) is 0.872. The van der Waals surface area contributed by atoms with E-state index in [0.717, 1.165) is 25.1 Å². The Morgan fingerprint density at radius 1 is 1.38 bits per heavy atom. The molecule has 2 unspecified atom stereocenters. The first-order valence-corrected chi connectivity index (χ1v) is 8.44. The molecule has 0 amide bonds. The Kier molecular flexibility index (Phi) is 4.31. The van der Waals surface area contributed by atoms with Crippen LogP contribution in [0.1, 0.15) is 44.3 Å². The number of nitrogens with two attached hydrogens (primary N) is 1. The van der Waals surface area contributed by atoms with Gasteiger partial charge < -0.3 is 10.3 Å². The standard InChI is InChI=1S/C16H21N3OS/c1-12-6-5-9-16(17,10-12)15-18-14(19-20-15)11-21-13-7-3-2-4-8-13/h2-4,7-8,12H,5-6,9-11,17H2,1H3. The molecule has 1 fully saturated rings. The zero-order valence-corrected chi connectivity index (χ0v) is 13.1. The van der Waals surface area contributed by atoms with E-state index in [9.17, 15) is 0 Å². The Balaban J connectivity index is 1.66. The van der Waals surface area contributed by atoms with Crippen LogP contribution in [0.3, 0.4) is 0 Å². The first-order valence-electron chi connectivity index (χ1n) is 7.45. The summed E-state index contributed by atoms with van der Waals surface area (Å²) in [5, 5.41) is 4.09. The molecule has 0 saturated heterocycles. The molecule has 0 radical (unpaired) electrons. The fourth-order valence-electron chi connectivity index (χ4n) is 2.97. The summed E-state index contributed by atoms with van der Waals surface area (Å²) in [7, 11) is 0. The SMILES string of the molecule is CC1CCCC(N)(c2nc(CSc3ccccc3)no2)C1. The van der Waals surface area contributed by atoms with Crippen LogP contribution in [-0.4, -0.2) is 10.1 Å². The molecule has 3 rings (SSSR count). The minimum absolute atomic E-state index is 0.430. The van der Waals surface area contributed by atoms with Gasteiger partial charge in [0.15, 0.2) is 5.82 Å². The van der Waals surface area contributed by atoms with Crippen LogP contribution in [-0.2, 0) is 11.3 Å². The molecule has 112 valence electrons. The van der Waals surface area contributed by atoms with Crippen LogP contribution in [0.25, 0.3) is 0 Å². The first-order chi connectivity index (χ1) is 10.2. The number of hydrogen-bond donors (Lipinski definition) is 1. The highest BCUT2D eigenvalue weighted by atomic mass is 32.2. The summed E-state index contributed by atoms with van der Waals surface area (Å²) in [4.78, 5) is 5.74. The number of hydrogen-bond acceptors (Lipinski definition) is 5. The van der Waals surface area contributed by atoms with E-state index in [1.165, 1.54) is 11.3 Å². The molecular weight excluding hydrogens is 282 g/mol. The molecule has 5 heteroatoms. The number of nitrogens with zero attached hydrogens (tertiary/aromatic N) is 2. The maximum atomic E-state index is 6.49. The van der Waals surface area contributed by atoms with Crippen molar-refractivity contribution in [2.75, 3.05) is 0 Å². The molecular formula is C16H21N3OS. The van der Waals surface area contributed by atoms with Crippen molar-refractivity contribution in [3.05, 3.63) is 42.0 Å². The van der Waals surface area contributed by atoms with E-state index in [1.54, 1.807) is 11.8 Å². The van der Waals surface area contributed by atoms with Crippen LogP contribution in [0, 0.1) is 5.92 Å². The zero-order valence-electron chi connectivity index (χ0n) is 12.3. The molecule has 1 heterocycles. The number of benzene rings is 1. The van der Waals surface area contributed by atoms with Crippen LogP contribution in [0.2, 0.25) is 0 Å². The monoisotopic (exact) mass is 303 g/mol. The molecule has 2 atom stereocenters. The molecule has 2 N–H and O–H groups in total. The Hall–Kier alpha value is -1.33. The van der Waals surface area contributed by atoms with Crippen molar-refractivity contribution in [3.63, 3.8) is 0 Å². The smallest absolute Gasteiger partial charge is 0.246 e. The van der Waals surface area contributed by atoms with Gasteiger partial charge in [-0.25, -0.2) is 0 Å². The van der Waals surface area contributed by atoms with Gasteiger partial charge in [0.25, 0.3) is 0 Å². The molecule has 0 spiro atoms. The maximum Gasteiger partial charge on any atom is 0.246 e. The van der Waals surface area contributed by atoms with E-state index < -0.39 is 5.54 Å². The van der Waals surface area contributed by atoms with Crippen LogP contribution >= 0.6 is 11.8 Å². The first kappa shape index (κ1) is 14.6. The minimum atomic E-state index is -0.430. The van der Waals surface area contributed by atoms with Gasteiger partial charge >= 0.3 is 0 Å². The maximum absolute atomic E-state index is 6.49. The predicted molar refractivity (Wildman–Crippen MR) is 83.8 cm³/mol. The fraction of sp³-hybridized carbons (Fsp3) is 0.500. The number of aromatic nitrogens is 2. The van der Waals surface area contributed by atoms with Gasteiger partial charge in [0.2, 0.25) is 5.89 Å². The third kappa shape index (κ3) is 3.47. The lowest BCUT2D eigenvalue weighted by Gasteiger charge is -2.33. The summed E-state index contributed by atoms with van der Waals surface area (Å²) in [6.07, 6.45) is 4.24. The summed E-state index contributed by atoms with van der Waals surface area (Å²) < 4.78 is 5.44. The topological polar surface area (TPSA) is 64.9 Å². The molecule has 1 aliphatic carbocycles. The Morgan fingerprint density at radius 3 is 2.95 bits per heavy atom. The van der Waals surface area contributed by atoms with E-state index in [-0.39, 0.29) is 0 Å². The van der Waals surface area contributed by atoms with Gasteiger partial charge in [0, 0.05) is 4.90 Å². The van der Waals surface area contributed by atoms with Gasteiger partial charge in [-0.15, -0.1) is 11.8 Å². The Bertz CT molecular complexity index is 586. The summed E-state index contributed by atoms with van der Waals surface area (Å²) in [5.41, 5.74) is 6.06. The summed E-state index contributed by atoms with van der Waals surface area (Å²) >= 11 is 1.71. The van der Waals surface area contributed by atoms with E-state index >= 15 is 0 Å². The van der Waals surface area contributed by atoms with Crippen LogP contribution < -0.4 is 5.73 Å². The third-order valence-electron chi connectivity index (χ3n) is 4.04. The Morgan fingerprint density at radius 2 is 2.19 bits per heavy atom.